The molecule has 0 radical (unpaired) electrons. The Morgan fingerprint density at radius 2 is 2.18 bits per heavy atom. The second-order valence-electron chi connectivity index (χ2n) is 3.78. The summed E-state index contributed by atoms with van der Waals surface area (Å²) >= 11 is 0.125. The zero-order valence-corrected chi connectivity index (χ0v) is 14.1. The van der Waals surface area contributed by atoms with Crippen molar-refractivity contribution in [1.82, 2.24) is 10.3 Å². The van der Waals surface area contributed by atoms with Crippen LogP contribution in [-0.4, -0.2) is 35.8 Å². The molecule has 6 nitrogen and oxygen atoms in total. The molecule has 0 spiro atoms. The molecule has 1 aliphatic heterocycles. The van der Waals surface area contributed by atoms with Crippen LogP contribution in [-0.2, 0) is 21.8 Å². The summed E-state index contributed by atoms with van der Waals surface area (Å²) in [4.78, 5) is 12.9. The molecule has 3 N–H and O–H groups in total. The monoisotopic (exact) mass is 314 g/mol. The first-order valence-corrected chi connectivity index (χ1v) is 6.42. The Morgan fingerprint density at radius 1 is 1.59 bits per heavy atom. The number of unbranched alkanes of at least 4 members (excludes halogenated alkanes) is 1. The van der Waals surface area contributed by atoms with Crippen LogP contribution in [0.15, 0.2) is 12.4 Å². The zero-order valence-electron chi connectivity index (χ0n) is 10.4. The Balaban J connectivity index is 0. The van der Waals surface area contributed by atoms with Gasteiger partial charge in [-0.1, -0.05) is 13.3 Å². The third-order valence-electron chi connectivity index (χ3n) is 2.33. The van der Waals surface area contributed by atoms with E-state index in [0.29, 0.717) is 4.59 Å². The summed E-state index contributed by atoms with van der Waals surface area (Å²) in [6, 6.07) is -0.471. The number of nitrogens with two attached hydrogens (primary N) is 1. The molecule has 96 valence electrons. The van der Waals surface area contributed by atoms with Gasteiger partial charge in [0.05, 0.1) is 6.20 Å². The predicted octanol–water partition coefficient (Wildman–Crippen LogP) is -2.56. The van der Waals surface area contributed by atoms with E-state index >= 15 is 0 Å². The quantitative estimate of drug-likeness (QED) is 0.443. The van der Waals surface area contributed by atoms with Gasteiger partial charge >= 0.3 is 27.9 Å². The van der Waals surface area contributed by atoms with Crippen molar-refractivity contribution in [3.05, 3.63) is 12.4 Å². The van der Waals surface area contributed by atoms with Crippen LogP contribution in [0.5, 0.6) is 0 Å². The van der Waals surface area contributed by atoms with Crippen LogP contribution in [0.2, 0.25) is 0 Å². The van der Waals surface area contributed by atoms with Gasteiger partial charge in [-0.15, -0.1) is 0 Å². The number of nitrogens with one attached hydrogen (secondary N) is 1. The fraction of sp³-hybridized carbons (Fsp3) is 0.667. The molecule has 1 atom stereocenters. The maximum atomic E-state index is 10.9. The van der Waals surface area contributed by atoms with Crippen LogP contribution in [0.25, 0.3) is 0 Å². The molecule has 0 aromatic carbocycles. The molecule has 0 saturated carbocycles. The first kappa shape index (κ1) is 18.8. The van der Waals surface area contributed by atoms with Crippen molar-refractivity contribution in [3.63, 3.8) is 0 Å². The first-order chi connectivity index (χ1) is 7.58. The number of quaternary nitrogens is 1. The molecule has 1 unspecified atom stereocenters. The second-order valence-corrected chi connectivity index (χ2v) is 3.78. The predicted molar refractivity (Wildman–Crippen MR) is 55.2 cm³/mol. The molecule has 17 heavy (non-hydrogen) atoms. The molecule has 0 aromatic rings. The number of halogens is 1. The van der Waals surface area contributed by atoms with Crippen LogP contribution in [0.1, 0.15) is 19.8 Å². The standard InChI is InChI=1S/C9H18N4O.ClH.O.Zn/c1-3-4-6-13(11-9(10)14)7-5-12(2)8-13;;;/h5,7H,3-4,6,8H2,1-2H3,(H2-,10,11,14);1H;;. The number of hydrogen-bond acceptors (Lipinski definition) is 3. The van der Waals surface area contributed by atoms with Gasteiger partial charge in [0.1, 0.15) is 12.7 Å². The van der Waals surface area contributed by atoms with Crippen molar-refractivity contribution in [2.24, 2.45) is 5.73 Å². The molecule has 1 aliphatic rings. The summed E-state index contributed by atoms with van der Waals surface area (Å²) in [7, 11) is 1.98. The van der Waals surface area contributed by atoms with Crippen molar-refractivity contribution < 1.29 is 43.6 Å². The number of urea groups is 1. The van der Waals surface area contributed by atoms with Crippen LogP contribution in [0.3, 0.4) is 0 Å². The van der Waals surface area contributed by atoms with Crippen molar-refractivity contribution in [2.75, 3.05) is 20.3 Å². The van der Waals surface area contributed by atoms with E-state index in [2.05, 4.69) is 12.3 Å². The number of hydrogen-bond donors (Lipinski definition) is 2. The summed E-state index contributed by atoms with van der Waals surface area (Å²) in [6.45, 7) is 3.77. The van der Waals surface area contributed by atoms with Gasteiger partial charge in [0, 0.05) is 7.05 Å². The van der Waals surface area contributed by atoms with E-state index in [1.54, 1.807) is 0 Å². The number of nitrogens with zero attached hydrogens (tertiary/aromatic N) is 2. The molecule has 0 aliphatic carbocycles. The van der Waals surface area contributed by atoms with Gasteiger partial charge < -0.3 is 23.0 Å². The summed E-state index contributed by atoms with van der Waals surface area (Å²) in [5.41, 5.74) is 7.92. The summed E-state index contributed by atoms with van der Waals surface area (Å²) in [6.07, 6.45) is 6.11. The van der Waals surface area contributed by atoms with E-state index in [1.165, 1.54) is 0 Å². The SMILES string of the molecule is CCCC[N+]1(NC(N)=O)C=CN(C)C1.[Cl-].[O]=[Zn]. The maximum absolute atomic E-state index is 10.9. The van der Waals surface area contributed by atoms with Crippen LogP contribution >= 0.6 is 0 Å². The molecule has 1 heterocycles. The number of amides is 2. The normalized spacial score (nSPS) is 21.3. The van der Waals surface area contributed by atoms with Crippen molar-refractivity contribution >= 4 is 6.03 Å². The van der Waals surface area contributed by atoms with Gasteiger partial charge in [0.15, 0.2) is 6.67 Å². The van der Waals surface area contributed by atoms with Crippen molar-refractivity contribution in [2.45, 2.75) is 19.8 Å². The van der Waals surface area contributed by atoms with Crippen LogP contribution in [0.4, 0.5) is 4.79 Å². The fourth-order valence-electron chi connectivity index (χ4n) is 1.67. The molecule has 0 bridgehead atoms. The van der Waals surface area contributed by atoms with Gasteiger partial charge in [-0.25, -0.2) is 4.79 Å². The fourth-order valence-corrected chi connectivity index (χ4v) is 1.67. The molecular weight excluding hydrogens is 297 g/mol. The molecule has 8 heteroatoms. The summed E-state index contributed by atoms with van der Waals surface area (Å²) in [5, 5.41) is 0. The van der Waals surface area contributed by atoms with Gasteiger partial charge in [-0.05, 0) is 6.42 Å². The molecule has 0 saturated heterocycles. The molecule has 1 rings (SSSR count). The molecule has 0 aromatic heterocycles. The van der Waals surface area contributed by atoms with E-state index in [4.69, 9.17) is 9.31 Å². The van der Waals surface area contributed by atoms with Crippen molar-refractivity contribution in [3.8, 4) is 0 Å². The van der Waals surface area contributed by atoms with E-state index in [0.717, 1.165) is 26.1 Å². The third kappa shape index (κ3) is 6.71. The van der Waals surface area contributed by atoms with Gasteiger partial charge in [0.25, 0.3) is 0 Å². The first-order valence-electron chi connectivity index (χ1n) is 5.21. The van der Waals surface area contributed by atoms with Crippen molar-refractivity contribution in [1.29, 1.82) is 0 Å². The van der Waals surface area contributed by atoms with Crippen LogP contribution < -0.4 is 23.6 Å². The number of carbonyl (C=O) groups excluding carboxylic acids is 1. The van der Waals surface area contributed by atoms with Gasteiger partial charge in [-0.2, -0.15) is 10.0 Å². The second kappa shape index (κ2) is 9.51. The molecule has 0 fully saturated rings. The Kier molecular flexibility index (Phi) is 10.5. The minimum atomic E-state index is -0.471. The average Bonchev–Trinajstić information content (AvgIpc) is 2.60. The zero-order chi connectivity index (χ0) is 12.6. The average molecular weight is 316 g/mol. The minimum absolute atomic E-state index is 0. The number of primary amides is 1. The molecular formula is C9H19ClN4O2Zn. The van der Waals surface area contributed by atoms with E-state index in [1.807, 2.05) is 24.3 Å². The van der Waals surface area contributed by atoms with Gasteiger partial charge in [0.2, 0.25) is 0 Å². The Bertz CT molecular complexity index is 267. The number of rotatable bonds is 4. The Morgan fingerprint density at radius 3 is 2.53 bits per heavy atom. The summed E-state index contributed by atoms with van der Waals surface area (Å²) < 4.78 is 8.82. The van der Waals surface area contributed by atoms with Gasteiger partial charge in [-0.3, -0.25) is 0 Å². The van der Waals surface area contributed by atoms with Crippen LogP contribution in [0, 0.1) is 0 Å². The van der Waals surface area contributed by atoms with E-state index in [9.17, 15) is 4.79 Å². The summed E-state index contributed by atoms with van der Waals surface area (Å²) in [5.74, 6) is 0. The Hall–Kier alpha value is -0.517. The topological polar surface area (TPSA) is 75.4 Å². The number of carbonyl (C=O) groups is 1. The van der Waals surface area contributed by atoms with E-state index < -0.39 is 6.03 Å². The Labute approximate surface area is 118 Å². The third-order valence-corrected chi connectivity index (χ3v) is 2.33. The van der Waals surface area contributed by atoms with E-state index in [-0.39, 0.29) is 30.7 Å². The molecule has 2 amide bonds.